The van der Waals surface area contributed by atoms with E-state index in [2.05, 4.69) is 20.4 Å². The Balaban J connectivity index is 1.40. The lowest BCUT2D eigenvalue weighted by Gasteiger charge is -2.50. The summed E-state index contributed by atoms with van der Waals surface area (Å²) in [6.45, 7) is 2.45. The number of aromatic hydroxyl groups is 2. The van der Waals surface area contributed by atoms with Gasteiger partial charge in [-0.3, -0.25) is 14.5 Å². The average molecular weight is 629 g/mol. The third-order valence-corrected chi connectivity index (χ3v) is 8.78. The topological polar surface area (TPSA) is 242 Å². The summed E-state index contributed by atoms with van der Waals surface area (Å²) in [5.41, 5.74) is 4.02. The fraction of sp³-hybridized carbons (Fsp3) is 0.269. The van der Waals surface area contributed by atoms with E-state index in [4.69, 9.17) is 10.6 Å². The molecule has 0 saturated carbocycles. The molecule has 2 amide bonds. The summed E-state index contributed by atoms with van der Waals surface area (Å²) in [5, 5.41) is 49.5. The van der Waals surface area contributed by atoms with E-state index in [1.165, 1.54) is 43.1 Å². The number of carboxylic acid groups (broad SMARTS) is 2. The van der Waals surface area contributed by atoms with Gasteiger partial charge in [0.2, 0.25) is 5.60 Å². The number of β-lactam (4-membered cyclic amide) rings is 1. The van der Waals surface area contributed by atoms with Gasteiger partial charge >= 0.3 is 5.97 Å². The van der Waals surface area contributed by atoms with E-state index in [9.17, 15) is 39.6 Å². The van der Waals surface area contributed by atoms with Crippen LogP contribution in [0.5, 0.6) is 11.5 Å². The van der Waals surface area contributed by atoms with Gasteiger partial charge in [-0.15, -0.1) is 23.1 Å². The first-order valence-corrected chi connectivity index (χ1v) is 14.5. The highest BCUT2D eigenvalue weighted by Gasteiger charge is 2.53. The number of pyridine rings is 1. The minimum absolute atomic E-state index is 0.00980. The first kappa shape index (κ1) is 29.6. The third-order valence-electron chi connectivity index (χ3n) is 6.77. The average Bonchev–Trinajstić information content (AvgIpc) is 3.37. The van der Waals surface area contributed by atoms with Gasteiger partial charge in [0.05, 0.1) is 23.5 Å². The molecule has 224 valence electrons. The van der Waals surface area contributed by atoms with Crippen LogP contribution in [0.15, 0.2) is 46.2 Å². The maximum atomic E-state index is 13.3. The van der Waals surface area contributed by atoms with Gasteiger partial charge in [0.25, 0.3) is 11.8 Å². The molecule has 0 aliphatic carbocycles. The number of nitrogen functional groups attached to an aromatic ring is 1. The predicted molar refractivity (Wildman–Crippen MR) is 150 cm³/mol. The summed E-state index contributed by atoms with van der Waals surface area (Å²) in [5.74, 6) is -5.04. The second-order valence-corrected chi connectivity index (χ2v) is 12.1. The second kappa shape index (κ2) is 11.1. The molecule has 7 N–H and O–H groups in total. The van der Waals surface area contributed by atoms with Crippen molar-refractivity contribution in [3.63, 3.8) is 0 Å². The summed E-state index contributed by atoms with van der Waals surface area (Å²) in [6.07, 6.45) is 1.66. The molecule has 2 aromatic heterocycles. The van der Waals surface area contributed by atoms with Crippen LogP contribution < -0.4 is 21.1 Å². The van der Waals surface area contributed by atoms with Crippen LogP contribution >= 0.6 is 23.1 Å². The Morgan fingerprint density at radius 1 is 1.30 bits per heavy atom. The van der Waals surface area contributed by atoms with E-state index >= 15 is 0 Å². The van der Waals surface area contributed by atoms with Crippen molar-refractivity contribution < 1.29 is 49.4 Å². The molecule has 2 aliphatic rings. The number of phenols is 2. The number of carbonyl (C=O) groups is 4. The van der Waals surface area contributed by atoms with Crippen molar-refractivity contribution in [3.05, 3.63) is 52.4 Å². The van der Waals surface area contributed by atoms with Gasteiger partial charge in [0.15, 0.2) is 34.2 Å². The van der Waals surface area contributed by atoms with Crippen molar-refractivity contribution in [1.29, 1.82) is 0 Å². The molecule has 0 unspecified atom stereocenters. The van der Waals surface area contributed by atoms with E-state index in [0.717, 1.165) is 16.2 Å². The molecular formula is C26H24N6O9S2. The molecule has 2 aliphatic heterocycles. The van der Waals surface area contributed by atoms with Crippen molar-refractivity contribution in [2.45, 2.75) is 37.3 Å². The van der Waals surface area contributed by atoms with Crippen molar-refractivity contribution in [1.82, 2.24) is 15.2 Å². The molecule has 2 atom stereocenters. The number of anilines is 1. The minimum Gasteiger partial charge on any atom is -0.543 e. The number of nitrogens with zero attached hydrogens (tertiary/aromatic N) is 3. The first-order chi connectivity index (χ1) is 20.3. The molecule has 15 nitrogen and oxygen atoms in total. The maximum absolute atomic E-state index is 13.3. The van der Waals surface area contributed by atoms with E-state index in [1.54, 1.807) is 12.3 Å². The number of nitrogens with one attached hydrogen (secondary N) is 2. The molecule has 5 rings (SSSR count). The van der Waals surface area contributed by atoms with Crippen molar-refractivity contribution >= 4 is 68.5 Å². The monoisotopic (exact) mass is 628 g/mol. The summed E-state index contributed by atoms with van der Waals surface area (Å²) in [7, 11) is 0. The Morgan fingerprint density at radius 3 is 2.67 bits per heavy atom. The van der Waals surface area contributed by atoms with Gasteiger partial charge in [-0.2, -0.15) is 0 Å². The SMILES string of the molecule is CC(C)(ON=C(C(=O)N[C@@H]1C(=O)N2C(C(=O)[O-])=C(Cc3[nH+]ccc4cc(O)c(O)cc34)CS[C@H]12)c1csc(N)n1)C(=O)O. The number of H-pyrrole nitrogens is 1. The number of fused-ring (bicyclic) bond motifs is 2. The first-order valence-electron chi connectivity index (χ1n) is 12.5. The number of benzene rings is 1. The summed E-state index contributed by atoms with van der Waals surface area (Å²) in [4.78, 5) is 63.3. The number of thiazole rings is 1. The molecule has 1 aromatic carbocycles. The van der Waals surface area contributed by atoms with Crippen LogP contribution in [0.2, 0.25) is 0 Å². The fourth-order valence-electron chi connectivity index (χ4n) is 4.48. The number of thioether (sulfide) groups is 1. The lowest BCUT2D eigenvalue weighted by Crippen LogP contribution is -2.71. The van der Waals surface area contributed by atoms with Gasteiger partial charge in [-0.05, 0) is 36.9 Å². The molecule has 0 radical (unpaired) electrons. The Morgan fingerprint density at radius 2 is 2.02 bits per heavy atom. The van der Waals surface area contributed by atoms with Crippen LogP contribution in [0.3, 0.4) is 0 Å². The standard InChI is InChI=1S/C26H24N6O9S2/c1-26(2,24(39)40)41-31-17(14-9-43-25(27)29-14)20(35)30-18-21(36)32-19(23(37)38)11(8-42-22(18)32)5-13-12-7-16(34)15(33)6-10(12)3-4-28-13/h3-4,6-7,9,18,22,33-34H,5,8H2,1-2H3,(H2,27,29)(H,30,35)(H,37,38)(H,39,40)/t18-,22-/m1/s1. The highest BCUT2D eigenvalue weighted by atomic mass is 32.2. The molecule has 43 heavy (non-hydrogen) atoms. The number of aromatic amines is 1. The largest absolute Gasteiger partial charge is 0.543 e. The van der Waals surface area contributed by atoms with E-state index < -0.39 is 46.5 Å². The number of carboxylic acids is 2. The fourth-order valence-corrected chi connectivity index (χ4v) is 6.37. The lowest BCUT2D eigenvalue weighted by molar-refractivity contribution is -0.387. The quantitative estimate of drug-likeness (QED) is 0.0858. The lowest BCUT2D eigenvalue weighted by atomic mass is 9.98. The zero-order chi connectivity index (χ0) is 31.2. The normalized spacial score (nSPS) is 18.7. The number of aliphatic carboxylic acids is 2. The van der Waals surface area contributed by atoms with E-state index in [0.29, 0.717) is 22.0 Å². The maximum Gasteiger partial charge on any atom is 0.350 e. The Kier molecular flexibility index (Phi) is 7.61. The number of rotatable bonds is 9. The zero-order valence-corrected chi connectivity index (χ0v) is 24.1. The highest BCUT2D eigenvalue weighted by molar-refractivity contribution is 8.00. The van der Waals surface area contributed by atoms with Crippen LogP contribution in [0.4, 0.5) is 5.13 Å². The highest BCUT2D eigenvalue weighted by Crippen LogP contribution is 2.41. The van der Waals surface area contributed by atoms with Crippen molar-refractivity contribution in [2.24, 2.45) is 5.16 Å². The third kappa shape index (κ3) is 5.51. The number of hydrogen-bond donors (Lipinski definition) is 5. The summed E-state index contributed by atoms with van der Waals surface area (Å²) < 4.78 is 0. The molecule has 3 aromatic rings. The molecule has 17 heteroatoms. The molecule has 1 fully saturated rings. The molecule has 0 bridgehead atoms. The number of oxime groups is 1. The van der Waals surface area contributed by atoms with E-state index in [1.807, 2.05) is 0 Å². The second-order valence-electron chi connectivity index (χ2n) is 10.1. The predicted octanol–water partition coefficient (Wildman–Crippen LogP) is -0.666. The van der Waals surface area contributed by atoms with Crippen LogP contribution in [0.1, 0.15) is 25.2 Å². The van der Waals surface area contributed by atoms with Crippen LogP contribution in [-0.4, -0.2) is 77.4 Å². The van der Waals surface area contributed by atoms with E-state index in [-0.39, 0.29) is 40.2 Å². The molecule has 4 heterocycles. The molecular weight excluding hydrogens is 604 g/mol. The van der Waals surface area contributed by atoms with Crippen LogP contribution in [0.25, 0.3) is 10.8 Å². The minimum atomic E-state index is -1.79. The molecule has 0 spiro atoms. The number of nitrogens with two attached hydrogens (primary N) is 1. The zero-order valence-electron chi connectivity index (χ0n) is 22.5. The Hall–Kier alpha value is -4.90. The van der Waals surface area contributed by atoms with Gasteiger partial charge < -0.3 is 41.1 Å². The number of aromatic nitrogens is 2. The van der Waals surface area contributed by atoms with Crippen molar-refractivity contribution in [2.75, 3.05) is 11.5 Å². The summed E-state index contributed by atoms with van der Waals surface area (Å²) in [6, 6.07) is 3.26. The van der Waals surface area contributed by atoms with Crippen molar-refractivity contribution in [3.8, 4) is 11.5 Å². The van der Waals surface area contributed by atoms with Gasteiger partial charge in [0.1, 0.15) is 17.1 Å². The van der Waals surface area contributed by atoms with Gasteiger partial charge in [-0.25, -0.2) is 14.8 Å². The van der Waals surface area contributed by atoms with Gasteiger partial charge in [0, 0.05) is 17.2 Å². The van der Waals surface area contributed by atoms with Gasteiger partial charge in [-0.1, -0.05) is 5.16 Å². The number of phenolic OH excluding ortho intramolecular Hbond substituents is 2. The summed E-state index contributed by atoms with van der Waals surface area (Å²) >= 11 is 2.22. The number of hydrogen-bond acceptors (Lipinski definition) is 13. The number of amides is 2. The Labute approximate surface area is 250 Å². The van der Waals surface area contributed by atoms with Crippen LogP contribution in [-0.2, 0) is 30.4 Å². The Bertz CT molecular complexity index is 1750. The smallest absolute Gasteiger partial charge is 0.350 e. The van der Waals surface area contributed by atoms with Crippen LogP contribution in [0, 0.1) is 0 Å². The number of carbonyl (C=O) groups excluding carboxylic acids is 3. The molecule has 1 saturated heterocycles.